The molecule has 1 aliphatic carbocycles. The van der Waals surface area contributed by atoms with Crippen molar-refractivity contribution < 1.29 is 14.1 Å². The SMILES string of the molecule is CCCCCc1ccc(C(=O)N(CC(=O)Nc2cc(C)on2)CC2CC2)cc1. The van der Waals surface area contributed by atoms with Crippen molar-refractivity contribution in [3.8, 4) is 0 Å². The van der Waals surface area contributed by atoms with Gasteiger partial charge in [-0.2, -0.15) is 0 Å². The summed E-state index contributed by atoms with van der Waals surface area (Å²) in [5.74, 6) is 1.13. The van der Waals surface area contributed by atoms with E-state index >= 15 is 0 Å². The Kier molecular flexibility index (Phi) is 6.85. The zero-order valence-corrected chi connectivity index (χ0v) is 16.7. The van der Waals surface area contributed by atoms with Gasteiger partial charge in [-0.15, -0.1) is 0 Å². The molecule has 0 spiro atoms. The summed E-state index contributed by atoms with van der Waals surface area (Å²) in [6.07, 6.45) is 6.85. The minimum Gasteiger partial charge on any atom is -0.360 e. The molecule has 28 heavy (non-hydrogen) atoms. The highest BCUT2D eigenvalue weighted by Crippen LogP contribution is 2.30. The number of unbranched alkanes of at least 4 members (excludes halogenated alkanes) is 2. The van der Waals surface area contributed by atoms with E-state index in [4.69, 9.17) is 4.52 Å². The number of rotatable bonds is 10. The fourth-order valence-electron chi connectivity index (χ4n) is 3.19. The van der Waals surface area contributed by atoms with E-state index in [9.17, 15) is 9.59 Å². The molecule has 0 bridgehead atoms. The highest BCUT2D eigenvalue weighted by atomic mass is 16.5. The van der Waals surface area contributed by atoms with Crippen molar-refractivity contribution in [2.45, 2.75) is 52.4 Å². The van der Waals surface area contributed by atoms with Crippen LogP contribution in [-0.2, 0) is 11.2 Å². The summed E-state index contributed by atoms with van der Waals surface area (Å²) >= 11 is 0. The lowest BCUT2D eigenvalue weighted by Gasteiger charge is -2.22. The Hall–Kier alpha value is -2.63. The van der Waals surface area contributed by atoms with Crippen molar-refractivity contribution in [1.29, 1.82) is 0 Å². The second kappa shape index (κ2) is 9.53. The second-order valence-electron chi connectivity index (χ2n) is 7.65. The number of amides is 2. The van der Waals surface area contributed by atoms with Crippen LogP contribution in [0.4, 0.5) is 5.82 Å². The van der Waals surface area contributed by atoms with Gasteiger partial charge in [0.1, 0.15) is 12.3 Å². The number of hydrogen-bond donors (Lipinski definition) is 1. The Bertz CT molecular complexity index is 794. The first-order valence-corrected chi connectivity index (χ1v) is 10.2. The molecule has 1 heterocycles. The van der Waals surface area contributed by atoms with Crippen LogP contribution in [-0.4, -0.2) is 35.0 Å². The molecular formula is C22H29N3O3. The van der Waals surface area contributed by atoms with Crippen molar-refractivity contribution in [2.75, 3.05) is 18.4 Å². The molecule has 1 saturated carbocycles. The van der Waals surface area contributed by atoms with Crippen LogP contribution >= 0.6 is 0 Å². The van der Waals surface area contributed by atoms with Crippen LogP contribution in [0.15, 0.2) is 34.9 Å². The number of aryl methyl sites for hydroxylation is 2. The van der Waals surface area contributed by atoms with Crippen molar-refractivity contribution in [2.24, 2.45) is 5.92 Å². The molecule has 6 nitrogen and oxygen atoms in total. The van der Waals surface area contributed by atoms with E-state index in [1.165, 1.54) is 24.8 Å². The molecule has 3 rings (SSSR count). The normalized spacial score (nSPS) is 13.4. The lowest BCUT2D eigenvalue weighted by Crippen LogP contribution is -2.39. The Balaban J connectivity index is 1.61. The zero-order chi connectivity index (χ0) is 19.9. The number of carbonyl (C=O) groups excluding carboxylic acids is 2. The number of anilines is 1. The largest absolute Gasteiger partial charge is 0.360 e. The standard InChI is InChI=1S/C22H29N3O3/c1-3-4-5-6-17-9-11-19(12-10-17)22(27)25(14-18-7-8-18)15-21(26)23-20-13-16(2)28-24-20/h9-13,18H,3-8,14-15H2,1-2H3,(H,23,24,26). The molecule has 1 aromatic heterocycles. The molecule has 0 aliphatic heterocycles. The summed E-state index contributed by atoms with van der Waals surface area (Å²) in [6.45, 7) is 4.58. The van der Waals surface area contributed by atoms with Crippen LogP contribution in [0.3, 0.4) is 0 Å². The first kappa shape index (κ1) is 20.1. The molecule has 0 radical (unpaired) electrons. The molecule has 6 heteroatoms. The maximum Gasteiger partial charge on any atom is 0.254 e. The van der Waals surface area contributed by atoms with Crippen molar-refractivity contribution >= 4 is 17.6 Å². The van der Waals surface area contributed by atoms with Gasteiger partial charge in [-0.1, -0.05) is 37.1 Å². The smallest absolute Gasteiger partial charge is 0.254 e. The summed E-state index contributed by atoms with van der Waals surface area (Å²) in [5.41, 5.74) is 1.88. The number of carbonyl (C=O) groups is 2. The summed E-state index contributed by atoms with van der Waals surface area (Å²) in [7, 11) is 0. The topological polar surface area (TPSA) is 75.4 Å². The van der Waals surface area contributed by atoms with Gasteiger partial charge in [-0.25, -0.2) is 0 Å². The average Bonchev–Trinajstić information content (AvgIpc) is 3.41. The van der Waals surface area contributed by atoms with Gasteiger partial charge in [0.05, 0.1) is 0 Å². The molecular weight excluding hydrogens is 354 g/mol. The Morgan fingerprint density at radius 1 is 1.21 bits per heavy atom. The maximum atomic E-state index is 13.0. The van der Waals surface area contributed by atoms with Gasteiger partial charge in [0.2, 0.25) is 5.91 Å². The number of benzene rings is 1. The van der Waals surface area contributed by atoms with E-state index in [-0.39, 0.29) is 18.4 Å². The van der Waals surface area contributed by atoms with E-state index in [2.05, 4.69) is 17.4 Å². The fourth-order valence-corrected chi connectivity index (χ4v) is 3.19. The van der Waals surface area contributed by atoms with Crippen LogP contribution in [0.2, 0.25) is 0 Å². The first-order chi connectivity index (χ1) is 13.5. The quantitative estimate of drug-likeness (QED) is 0.624. The predicted molar refractivity (Wildman–Crippen MR) is 108 cm³/mol. The third-order valence-electron chi connectivity index (χ3n) is 4.96. The number of nitrogens with one attached hydrogen (secondary N) is 1. The predicted octanol–water partition coefficient (Wildman–Crippen LogP) is 4.21. The van der Waals surface area contributed by atoms with Gasteiger partial charge in [0.25, 0.3) is 5.91 Å². The van der Waals surface area contributed by atoms with Crippen LogP contribution in [0.25, 0.3) is 0 Å². The average molecular weight is 383 g/mol. The third-order valence-corrected chi connectivity index (χ3v) is 4.96. The lowest BCUT2D eigenvalue weighted by atomic mass is 10.0. The van der Waals surface area contributed by atoms with Crippen molar-refractivity contribution in [3.63, 3.8) is 0 Å². The van der Waals surface area contributed by atoms with Crippen molar-refractivity contribution in [3.05, 3.63) is 47.2 Å². The summed E-state index contributed by atoms with van der Waals surface area (Å²) < 4.78 is 4.96. The maximum absolute atomic E-state index is 13.0. The molecule has 1 fully saturated rings. The number of nitrogens with zero attached hydrogens (tertiary/aromatic N) is 2. The summed E-state index contributed by atoms with van der Waals surface area (Å²) in [5, 5.41) is 6.46. The molecule has 1 aliphatic rings. The van der Waals surface area contributed by atoms with E-state index < -0.39 is 0 Å². The van der Waals surface area contributed by atoms with Gasteiger partial charge < -0.3 is 14.7 Å². The van der Waals surface area contributed by atoms with E-state index in [0.29, 0.717) is 29.6 Å². The van der Waals surface area contributed by atoms with Crippen LogP contribution in [0.1, 0.15) is 60.7 Å². The third kappa shape index (κ3) is 5.94. The molecule has 1 N–H and O–H groups in total. The van der Waals surface area contributed by atoms with E-state index in [1.54, 1.807) is 17.9 Å². The van der Waals surface area contributed by atoms with Gasteiger partial charge >= 0.3 is 0 Å². The molecule has 2 amide bonds. The number of aromatic nitrogens is 1. The minimum atomic E-state index is -0.265. The fraction of sp³-hybridized carbons (Fsp3) is 0.500. The van der Waals surface area contributed by atoms with Crippen LogP contribution in [0.5, 0.6) is 0 Å². The van der Waals surface area contributed by atoms with Gasteiger partial charge in [0, 0.05) is 18.2 Å². The van der Waals surface area contributed by atoms with Gasteiger partial charge in [-0.3, -0.25) is 9.59 Å². The Morgan fingerprint density at radius 3 is 2.57 bits per heavy atom. The monoisotopic (exact) mass is 383 g/mol. The molecule has 2 aromatic rings. The Labute approximate surface area is 166 Å². The Morgan fingerprint density at radius 2 is 1.96 bits per heavy atom. The molecule has 1 aromatic carbocycles. The highest BCUT2D eigenvalue weighted by molar-refractivity contribution is 5.99. The first-order valence-electron chi connectivity index (χ1n) is 10.2. The van der Waals surface area contributed by atoms with E-state index in [0.717, 1.165) is 19.3 Å². The molecule has 0 saturated heterocycles. The minimum absolute atomic E-state index is 0.0134. The van der Waals surface area contributed by atoms with Crippen LogP contribution in [0, 0.1) is 12.8 Å². The van der Waals surface area contributed by atoms with Gasteiger partial charge in [-0.05, 0) is 56.2 Å². The zero-order valence-electron chi connectivity index (χ0n) is 16.7. The summed E-state index contributed by atoms with van der Waals surface area (Å²) in [4.78, 5) is 27.0. The molecule has 150 valence electrons. The second-order valence-corrected chi connectivity index (χ2v) is 7.65. The van der Waals surface area contributed by atoms with Gasteiger partial charge in [0.15, 0.2) is 5.82 Å². The van der Waals surface area contributed by atoms with Crippen molar-refractivity contribution in [1.82, 2.24) is 10.1 Å². The lowest BCUT2D eigenvalue weighted by molar-refractivity contribution is -0.117. The highest BCUT2D eigenvalue weighted by Gasteiger charge is 2.28. The van der Waals surface area contributed by atoms with Crippen LogP contribution < -0.4 is 5.32 Å². The molecule has 0 unspecified atom stereocenters. The van der Waals surface area contributed by atoms with E-state index in [1.807, 2.05) is 24.3 Å². The summed E-state index contributed by atoms with van der Waals surface area (Å²) in [6, 6.07) is 9.46. The molecule has 0 atom stereocenters. The number of hydrogen-bond acceptors (Lipinski definition) is 4.